The van der Waals surface area contributed by atoms with E-state index in [1.165, 1.54) is 37.9 Å². The van der Waals surface area contributed by atoms with Crippen molar-refractivity contribution in [3.63, 3.8) is 0 Å². The first kappa shape index (κ1) is 13.4. The predicted octanol–water partition coefficient (Wildman–Crippen LogP) is 3.64. The van der Waals surface area contributed by atoms with Gasteiger partial charge in [-0.1, -0.05) is 0 Å². The molecule has 0 atom stereocenters. The van der Waals surface area contributed by atoms with Gasteiger partial charge in [-0.15, -0.1) is 0 Å². The maximum absolute atomic E-state index is 2.56. The quantitative estimate of drug-likeness (QED) is 0.708. The van der Waals surface area contributed by atoms with Crippen LogP contribution >= 0.6 is 11.8 Å². The summed E-state index contributed by atoms with van der Waals surface area (Å²) >= 11 is 2.00. The second kappa shape index (κ2) is 6.80. The summed E-state index contributed by atoms with van der Waals surface area (Å²) in [6, 6.07) is 1.56. The zero-order valence-corrected chi connectivity index (χ0v) is 11.6. The standard InChI is InChI=1S/C13H27NS/c1-11(2)14(3)13-7-5-12(6-8-13)9-10-15-4/h11-13H,5-10H2,1-4H3. The van der Waals surface area contributed by atoms with E-state index in [0.29, 0.717) is 6.04 Å². The number of rotatable bonds is 5. The van der Waals surface area contributed by atoms with Crippen LogP contribution in [0, 0.1) is 5.92 Å². The van der Waals surface area contributed by atoms with Crippen molar-refractivity contribution in [2.24, 2.45) is 5.92 Å². The Morgan fingerprint density at radius 3 is 2.27 bits per heavy atom. The smallest absolute Gasteiger partial charge is 0.00951 e. The van der Waals surface area contributed by atoms with Crippen LogP contribution in [0.5, 0.6) is 0 Å². The Morgan fingerprint density at radius 2 is 1.80 bits per heavy atom. The summed E-state index contributed by atoms with van der Waals surface area (Å²) in [6.07, 6.45) is 9.43. The van der Waals surface area contributed by atoms with Gasteiger partial charge < -0.3 is 4.90 Å². The third-order valence-electron chi connectivity index (χ3n) is 3.94. The topological polar surface area (TPSA) is 3.24 Å². The highest BCUT2D eigenvalue weighted by Crippen LogP contribution is 2.30. The molecule has 0 amide bonds. The maximum atomic E-state index is 2.56. The van der Waals surface area contributed by atoms with Gasteiger partial charge in [-0.25, -0.2) is 0 Å². The summed E-state index contributed by atoms with van der Waals surface area (Å²) in [7, 11) is 2.29. The highest BCUT2D eigenvalue weighted by molar-refractivity contribution is 7.98. The fourth-order valence-electron chi connectivity index (χ4n) is 2.55. The fraction of sp³-hybridized carbons (Fsp3) is 1.00. The molecule has 1 aliphatic carbocycles. The zero-order chi connectivity index (χ0) is 11.3. The lowest BCUT2D eigenvalue weighted by Crippen LogP contribution is -2.39. The lowest BCUT2D eigenvalue weighted by Gasteiger charge is -2.36. The largest absolute Gasteiger partial charge is 0.301 e. The molecule has 1 rings (SSSR count). The molecule has 0 aromatic heterocycles. The number of hydrogen-bond acceptors (Lipinski definition) is 2. The summed E-state index contributed by atoms with van der Waals surface area (Å²) in [5.41, 5.74) is 0. The summed E-state index contributed by atoms with van der Waals surface area (Å²) in [6.45, 7) is 4.61. The molecule has 1 saturated carbocycles. The van der Waals surface area contributed by atoms with Crippen molar-refractivity contribution in [3.05, 3.63) is 0 Å². The molecule has 0 bridgehead atoms. The summed E-state index contributed by atoms with van der Waals surface area (Å²) in [4.78, 5) is 2.56. The van der Waals surface area contributed by atoms with Gasteiger partial charge in [0.25, 0.3) is 0 Å². The van der Waals surface area contributed by atoms with Gasteiger partial charge in [0.05, 0.1) is 0 Å². The van der Waals surface area contributed by atoms with E-state index in [2.05, 4.69) is 32.1 Å². The van der Waals surface area contributed by atoms with E-state index in [-0.39, 0.29) is 0 Å². The molecule has 0 aliphatic heterocycles. The van der Waals surface area contributed by atoms with Crippen LogP contribution < -0.4 is 0 Å². The SMILES string of the molecule is CSCCC1CCC(N(C)C(C)C)CC1. The summed E-state index contributed by atoms with van der Waals surface area (Å²) in [5.74, 6) is 2.38. The van der Waals surface area contributed by atoms with Crippen LogP contribution in [0.15, 0.2) is 0 Å². The second-order valence-corrected chi connectivity index (χ2v) is 6.20. The molecule has 1 aliphatic rings. The minimum atomic E-state index is 0.706. The van der Waals surface area contributed by atoms with E-state index in [1.807, 2.05) is 11.8 Å². The first-order valence-electron chi connectivity index (χ1n) is 6.36. The van der Waals surface area contributed by atoms with Crippen LogP contribution in [0.1, 0.15) is 46.0 Å². The number of nitrogens with zero attached hydrogens (tertiary/aromatic N) is 1. The molecule has 0 aromatic rings. The second-order valence-electron chi connectivity index (χ2n) is 5.22. The Labute approximate surface area is 100.0 Å². The van der Waals surface area contributed by atoms with Crippen molar-refractivity contribution < 1.29 is 0 Å². The Hall–Kier alpha value is 0.310. The van der Waals surface area contributed by atoms with Gasteiger partial charge in [0.2, 0.25) is 0 Å². The van der Waals surface area contributed by atoms with E-state index in [1.54, 1.807) is 0 Å². The van der Waals surface area contributed by atoms with Gasteiger partial charge in [-0.3, -0.25) is 0 Å². The zero-order valence-electron chi connectivity index (χ0n) is 10.8. The molecule has 0 spiro atoms. The van der Waals surface area contributed by atoms with Crippen molar-refractivity contribution in [1.29, 1.82) is 0 Å². The predicted molar refractivity (Wildman–Crippen MR) is 71.6 cm³/mol. The average molecular weight is 229 g/mol. The lowest BCUT2D eigenvalue weighted by molar-refractivity contribution is 0.134. The van der Waals surface area contributed by atoms with Gasteiger partial charge >= 0.3 is 0 Å². The third-order valence-corrected chi connectivity index (χ3v) is 4.58. The number of hydrogen-bond donors (Lipinski definition) is 0. The van der Waals surface area contributed by atoms with Crippen LogP contribution in [0.3, 0.4) is 0 Å². The molecule has 15 heavy (non-hydrogen) atoms. The molecule has 0 saturated heterocycles. The van der Waals surface area contributed by atoms with Gasteiger partial charge in [-0.2, -0.15) is 11.8 Å². The minimum Gasteiger partial charge on any atom is -0.301 e. The molecule has 0 radical (unpaired) electrons. The van der Waals surface area contributed by atoms with Gasteiger partial charge in [-0.05, 0) is 70.9 Å². The monoisotopic (exact) mass is 229 g/mol. The normalized spacial score (nSPS) is 27.6. The van der Waals surface area contributed by atoms with E-state index < -0.39 is 0 Å². The first-order valence-corrected chi connectivity index (χ1v) is 7.75. The molecular formula is C13H27NS. The van der Waals surface area contributed by atoms with Crippen LogP contribution in [-0.2, 0) is 0 Å². The Morgan fingerprint density at radius 1 is 1.20 bits per heavy atom. The highest BCUT2D eigenvalue weighted by atomic mass is 32.2. The molecule has 0 aromatic carbocycles. The lowest BCUT2D eigenvalue weighted by atomic mass is 9.84. The first-order chi connectivity index (χ1) is 7.15. The van der Waals surface area contributed by atoms with E-state index in [9.17, 15) is 0 Å². The molecule has 0 unspecified atom stereocenters. The van der Waals surface area contributed by atoms with Crippen LogP contribution in [0.25, 0.3) is 0 Å². The van der Waals surface area contributed by atoms with Crippen LogP contribution in [0.4, 0.5) is 0 Å². The molecule has 1 fully saturated rings. The van der Waals surface area contributed by atoms with Crippen LogP contribution in [-0.4, -0.2) is 36.0 Å². The van der Waals surface area contributed by atoms with E-state index in [4.69, 9.17) is 0 Å². The van der Waals surface area contributed by atoms with Gasteiger partial charge in [0.1, 0.15) is 0 Å². The average Bonchev–Trinajstić information content (AvgIpc) is 2.26. The summed E-state index contributed by atoms with van der Waals surface area (Å²) < 4.78 is 0. The molecule has 2 heteroatoms. The summed E-state index contributed by atoms with van der Waals surface area (Å²) in [5, 5.41) is 0. The van der Waals surface area contributed by atoms with Crippen molar-refractivity contribution >= 4 is 11.8 Å². The van der Waals surface area contributed by atoms with Crippen molar-refractivity contribution in [2.45, 2.75) is 58.0 Å². The minimum absolute atomic E-state index is 0.706. The Balaban J connectivity index is 2.23. The van der Waals surface area contributed by atoms with Gasteiger partial charge in [0.15, 0.2) is 0 Å². The Bertz CT molecular complexity index is 162. The van der Waals surface area contributed by atoms with E-state index in [0.717, 1.165) is 12.0 Å². The molecular weight excluding hydrogens is 202 g/mol. The Kier molecular flexibility index (Phi) is 6.06. The number of thioether (sulfide) groups is 1. The molecule has 0 heterocycles. The van der Waals surface area contributed by atoms with Crippen molar-refractivity contribution in [3.8, 4) is 0 Å². The fourth-order valence-corrected chi connectivity index (χ4v) is 3.12. The van der Waals surface area contributed by atoms with Gasteiger partial charge in [0, 0.05) is 12.1 Å². The molecule has 0 N–H and O–H groups in total. The van der Waals surface area contributed by atoms with Crippen molar-refractivity contribution in [1.82, 2.24) is 4.90 Å². The highest BCUT2D eigenvalue weighted by Gasteiger charge is 2.24. The molecule has 1 nitrogen and oxygen atoms in total. The van der Waals surface area contributed by atoms with Crippen LogP contribution in [0.2, 0.25) is 0 Å². The maximum Gasteiger partial charge on any atom is 0.00951 e. The van der Waals surface area contributed by atoms with E-state index >= 15 is 0 Å². The molecule has 90 valence electrons. The third kappa shape index (κ3) is 4.36. The van der Waals surface area contributed by atoms with Crippen molar-refractivity contribution in [2.75, 3.05) is 19.1 Å².